The lowest BCUT2D eigenvalue weighted by Gasteiger charge is -2.22. The minimum atomic E-state index is -0.215. The van der Waals surface area contributed by atoms with E-state index in [1.54, 1.807) is 24.5 Å². The van der Waals surface area contributed by atoms with Crippen molar-refractivity contribution in [2.24, 2.45) is 0 Å². The summed E-state index contributed by atoms with van der Waals surface area (Å²) in [5.74, 6) is 1.09. The lowest BCUT2D eigenvalue weighted by atomic mass is 9.96. The molecule has 3 rings (SSSR count). The number of rotatable bonds is 5. The third-order valence-electron chi connectivity index (χ3n) is 4.04. The number of urea groups is 1. The Balaban J connectivity index is 1.46. The molecule has 1 fully saturated rings. The summed E-state index contributed by atoms with van der Waals surface area (Å²) in [4.78, 5) is 16.0. The number of hydrogen-bond donors (Lipinski definition) is 3. The van der Waals surface area contributed by atoms with Crippen molar-refractivity contribution in [2.75, 3.05) is 10.6 Å². The first-order chi connectivity index (χ1) is 11.8. The first kappa shape index (κ1) is 16.2. The van der Waals surface area contributed by atoms with E-state index in [1.807, 2.05) is 12.1 Å². The van der Waals surface area contributed by atoms with Gasteiger partial charge in [-0.2, -0.15) is 0 Å². The second-order valence-electron chi connectivity index (χ2n) is 5.95. The number of aromatic nitrogens is 3. The molecule has 24 heavy (non-hydrogen) atoms. The van der Waals surface area contributed by atoms with E-state index in [0.717, 1.165) is 18.4 Å². The van der Waals surface area contributed by atoms with Gasteiger partial charge in [0.15, 0.2) is 5.82 Å². The van der Waals surface area contributed by atoms with Gasteiger partial charge >= 0.3 is 6.03 Å². The van der Waals surface area contributed by atoms with Crippen LogP contribution in [-0.2, 0) is 6.54 Å². The smallest absolute Gasteiger partial charge is 0.320 e. The van der Waals surface area contributed by atoms with Gasteiger partial charge in [-0.3, -0.25) is 10.3 Å². The minimum absolute atomic E-state index is 0.215. The van der Waals surface area contributed by atoms with Gasteiger partial charge in [0.2, 0.25) is 0 Å². The normalized spacial score (nSPS) is 14.8. The van der Waals surface area contributed by atoms with Gasteiger partial charge < -0.3 is 10.6 Å². The first-order valence-electron chi connectivity index (χ1n) is 8.33. The van der Waals surface area contributed by atoms with Crippen LogP contribution in [-0.4, -0.2) is 27.3 Å². The van der Waals surface area contributed by atoms with E-state index in [2.05, 4.69) is 31.1 Å². The molecule has 2 amide bonds. The largest absolute Gasteiger partial charge is 0.364 e. The summed E-state index contributed by atoms with van der Waals surface area (Å²) in [5.41, 5.74) is 1.06. The van der Waals surface area contributed by atoms with Crippen molar-refractivity contribution in [3.63, 3.8) is 0 Å². The molecular weight excluding hydrogens is 304 g/mol. The zero-order chi connectivity index (χ0) is 16.6. The average molecular weight is 326 g/mol. The Hall–Kier alpha value is -2.70. The van der Waals surface area contributed by atoms with Crippen molar-refractivity contribution >= 4 is 17.7 Å². The third-order valence-corrected chi connectivity index (χ3v) is 4.04. The molecule has 0 atom stereocenters. The van der Waals surface area contributed by atoms with Gasteiger partial charge in [0.25, 0.3) is 0 Å². The fourth-order valence-electron chi connectivity index (χ4n) is 2.77. The monoisotopic (exact) mass is 326 g/mol. The molecule has 0 aromatic carbocycles. The molecule has 2 aromatic heterocycles. The Kier molecular flexibility index (Phi) is 5.55. The highest BCUT2D eigenvalue weighted by Gasteiger charge is 2.15. The van der Waals surface area contributed by atoms with Crippen LogP contribution in [0.2, 0.25) is 0 Å². The molecule has 3 N–H and O–H groups in total. The number of carbonyl (C=O) groups excluding carboxylic acids is 1. The molecule has 0 saturated heterocycles. The zero-order valence-corrected chi connectivity index (χ0v) is 13.5. The molecule has 126 valence electrons. The Morgan fingerprint density at radius 1 is 1.08 bits per heavy atom. The highest BCUT2D eigenvalue weighted by Crippen LogP contribution is 2.17. The van der Waals surface area contributed by atoms with Crippen molar-refractivity contribution in [3.05, 3.63) is 42.2 Å². The van der Waals surface area contributed by atoms with Crippen LogP contribution in [0.3, 0.4) is 0 Å². The van der Waals surface area contributed by atoms with Gasteiger partial charge in [-0.15, -0.1) is 10.2 Å². The summed E-state index contributed by atoms with van der Waals surface area (Å²) in [6.07, 6.45) is 9.27. The molecule has 2 heterocycles. The number of nitrogens with zero attached hydrogens (tertiary/aromatic N) is 3. The van der Waals surface area contributed by atoms with E-state index >= 15 is 0 Å². The molecule has 1 saturated carbocycles. The van der Waals surface area contributed by atoms with Gasteiger partial charge in [0, 0.05) is 25.0 Å². The summed E-state index contributed by atoms with van der Waals surface area (Å²) in [7, 11) is 0. The average Bonchev–Trinajstić information content (AvgIpc) is 2.63. The van der Waals surface area contributed by atoms with Crippen molar-refractivity contribution in [2.45, 2.75) is 44.7 Å². The summed E-state index contributed by atoms with van der Waals surface area (Å²) in [5, 5.41) is 17.0. The van der Waals surface area contributed by atoms with E-state index in [9.17, 15) is 4.79 Å². The lowest BCUT2D eigenvalue weighted by molar-refractivity contribution is 0.244. The van der Waals surface area contributed by atoms with E-state index in [-0.39, 0.29) is 12.1 Å². The SMILES string of the molecule is O=C(Nc1ccc(NCc2cccnc2)nn1)NC1CCCCC1. The van der Waals surface area contributed by atoms with Crippen LogP contribution in [0, 0.1) is 0 Å². The highest BCUT2D eigenvalue weighted by atomic mass is 16.2. The number of carbonyl (C=O) groups is 1. The number of pyridine rings is 1. The van der Waals surface area contributed by atoms with Crippen molar-refractivity contribution in [3.8, 4) is 0 Å². The number of nitrogens with one attached hydrogen (secondary N) is 3. The Morgan fingerprint density at radius 2 is 1.88 bits per heavy atom. The predicted molar refractivity (Wildman–Crippen MR) is 92.6 cm³/mol. The zero-order valence-electron chi connectivity index (χ0n) is 13.5. The molecule has 1 aliphatic carbocycles. The number of amides is 2. The molecule has 0 bridgehead atoms. The summed E-state index contributed by atoms with van der Waals surface area (Å²) in [6, 6.07) is 7.46. The van der Waals surface area contributed by atoms with Crippen molar-refractivity contribution < 1.29 is 4.79 Å². The van der Waals surface area contributed by atoms with Crippen LogP contribution >= 0.6 is 0 Å². The molecule has 7 heteroatoms. The van der Waals surface area contributed by atoms with Gasteiger partial charge in [-0.05, 0) is 36.6 Å². The summed E-state index contributed by atoms with van der Waals surface area (Å²) >= 11 is 0. The second kappa shape index (κ2) is 8.24. The number of hydrogen-bond acceptors (Lipinski definition) is 5. The molecule has 0 aliphatic heterocycles. The van der Waals surface area contributed by atoms with Gasteiger partial charge in [-0.25, -0.2) is 4.79 Å². The van der Waals surface area contributed by atoms with E-state index in [1.165, 1.54) is 19.3 Å². The van der Waals surface area contributed by atoms with Crippen molar-refractivity contribution in [1.29, 1.82) is 0 Å². The quantitative estimate of drug-likeness (QED) is 0.786. The molecule has 1 aliphatic rings. The lowest BCUT2D eigenvalue weighted by Crippen LogP contribution is -2.39. The molecule has 7 nitrogen and oxygen atoms in total. The topological polar surface area (TPSA) is 91.8 Å². The minimum Gasteiger partial charge on any atom is -0.364 e. The predicted octanol–water partition coefficient (Wildman–Crippen LogP) is 2.94. The highest BCUT2D eigenvalue weighted by molar-refractivity contribution is 5.88. The molecular formula is C17H22N6O. The van der Waals surface area contributed by atoms with Crippen LogP contribution in [0.25, 0.3) is 0 Å². The van der Waals surface area contributed by atoms with Crippen LogP contribution < -0.4 is 16.0 Å². The molecule has 0 unspecified atom stereocenters. The summed E-state index contributed by atoms with van der Waals surface area (Å²) in [6.45, 7) is 0.622. The molecule has 0 spiro atoms. The van der Waals surface area contributed by atoms with Crippen molar-refractivity contribution in [1.82, 2.24) is 20.5 Å². The Labute approximate surface area is 141 Å². The van der Waals surface area contributed by atoms with Crippen LogP contribution in [0.5, 0.6) is 0 Å². The Bertz CT molecular complexity index is 640. The fourth-order valence-corrected chi connectivity index (χ4v) is 2.77. The molecule has 0 radical (unpaired) electrons. The second-order valence-corrected chi connectivity index (χ2v) is 5.95. The first-order valence-corrected chi connectivity index (χ1v) is 8.33. The van der Waals surface area contributed by atoms with Gasteiger partial charge in [0.1, 0.15) is 5.82 Å². The molecule has 2 aromatic rings. The van der Waals surface area contributed by atoms with Crippen LogP contribution in [0.1, 0.15) is 37.7 Å². The van der Waals surface area contributed by atoms with Crippen LogP contribution in [0.4, 0.5) is 16.4 Å². The van der Waals surface area contributed by atoms with Crippen LogP contribution in [0.15, 0.2) is 36.7 Å². The maximum Gasteiger partial charge on any atom is 0.320 e. The standard InChI is InChI=1S/C17H22N6O/c24-17(20-14-6-2-1-3-7-14)21-16-9-8-15(22-23-16)19-12-13-5-4-10-18-11-13/h4-5,8-11,14H,1-3,6-7,12H2,(H,19,22)(H2,20,21,23,24). The van der Waals surface area contributed by atoms with E-state index < -0.39 is 0 Å². The Morgan fingerprint density at radius 3 is 2.58 bits per heavy atom. The van der Waals surface area contributed by atoms with E-state index in [0.29, 0.717) is 18.2 Å². The van der Waals surface area contributed by atoms with Gasteiger partial charge in [0.05, 0.1) is 0 Å². The van der Waals surface area contributed by atoms with E-state index in [4.69, 9.17) is 0 Å². The van der Waals surface area contributed by atoms with Gasteiger partial charge in [-0.1, -0.05) is 25.3 Å². The fraction of sp³-hybridized carbons (Fsp3) is 0.412. The summed E-state index contributed by atoms with van der Waals surface area (Å²) < 4.78 is 0. The third kappa shape index (κ3) is 4.91. The number of anilines is 2. The maximum atomic E-state index is 12.0. The maximum absolute atomic E-state index is 12.0.